The van der Waals surface area contributed by atoms with Crippen molar-refractivity contribution in [1.29, 1.82) is 0 Å². The van der Waals surface area contributed by atoms with E-state index in [2.05, 4.69) is 429 Å². The highest BCUT2D eigenvalue weighted by Crippen LogP contribution is 2.39. The quantitative estimate of drug-likeness (QED) is 0.0742. The number of rotatable bonds is 15. The molecule has 0 aliphatic heterocycles. The van der Waals surface area contributed by atoms with Gasteiger partial charge in [0.15, 0.2) is 27.8 Å². The Hall–Kier alpha value is -15.4. The van der Waals surface area contributed by atoms with Crippen LogP contribution in [0.2, 0.25) is 0 Å². The van der Waals surface area contributed by atoms with Crippen LogP contribution in [0.25, 0.3) is 151 Å². The van der Waals surface area contributed by atoms with Crippen molar-refractivity contribution in [3.8, 4) is 57.7 Å². The summed E-state index contributed by atoms with van der Waals surface area (Å²) in [4.78, 5) is 38.6. The van der Waals surface area contributed by atoms with Crippen LogP contribution in [0.3, 0.4) is 0 Å². The average Bonchev–Trinajstić information content (AvgIpc) is 1.45. The van der Waals surface area contributed by atoms with Crippen molar-refractivity contribution in [2.75, 3.05) is 0 Å². The van der Waals surface area contributed by atoms with Gasteiger partial charge in [-0.15, -0.1) is 0 Å². The van der Waals surface area contributed by atoms with Gasteiger partial charge in [0, 0.05) is 43.4 Å². The molecule has 0 unspecified atom stereocenters. The fourth-order valence-corrected chi connectivity index (χ4v) is 28.1. The SMILES string of the molecule is c1ccc([Si](c2ccccc2)(c2ccccc2)c2ccc(-c3nc(-n4c5ccccc5c5ccccc54)nc(-n4c5ccccc5c5ccc(-c6ccc([Si](c7ccccc7)(c7ccccc7)c7ccc(-c8nc(-n9c%10ccccc%10c%10ccccc%109)nc(-n9c%10ccccc%10n%10c%11ccccc%11nc9%10)n8)cc7)cc6)cc54)n3)cc2)cc1. The van der Waals surface area contributed by atoms with Crippen LogP contribution >= 0.6 is 0 Å². The molecule has 16 aromatic carbocycles. The lowest BCUT2D eigenvalue weighted by Crippen LogP contribution is -2.74. The van der Waals surface area contributed by atoms with Gasteiger partial charge in [-0.3, -0.25) is 18.1 Å². The molecule has 7 heterocycles. The number of benzene rings is 16. The summed E-state index contributed by atoms with van der Waals surface area (Å²) in [6, 6.07) is 149. The normalized spacial score (nSPS) is 12.1. The summed E-state index contributed by atoms with van der Waals surface area (Å²) in [7, 11) is -6.04. The number of aromatic nitrogens is 12. The highest BCUT2D eigenvalue weighted by Gasteiger charge is 2.43. The van der Waals surface area contributed by atoms with Crippen molar-refractivity contribution in [2.45, 2.75) is 0 Å². The predicted octanol–water partition coefficient (Wildman–Crippen LogP) is 17.8. The van der Waals surface area contributed by atoms with Crippen LogP contribution in [-0.2, 0) is 0 Å². The second-order valence-electron chi connectivity index (χ2n) is 30.0. The fraction of sp³-hybridized carbons (Fsp3) is 0. The molecule has 23 rings (SSSR count). The Morgan fingerprint density at radius 2 is 0.436 bits per heavy atom. The third-order valence-corrected chi connectivity index (χ3v) is 33.4. The van der Waals surface area contributed by atoms with Crippen LogP contribution < -0.4 is 41.5 Å². The van der Waals surface area contributed by atoms with E-state index in [1.54, 1.807) is 0 Å². The molecule has 117 heavy (non-hydrogen) atoms. The van der Waals surface area contributed by atoms with Gasteiger partial charge >= 0.3 is 0 Å². The maximum Gasteiger partial charge on any atom is 0.242 e. The van der Waals surface area contributed by atoms with E-state index in [0.717, 1.165) is 110 Å². The van der Waals surface area contributed by atoms with Gasteiger partial charge in [-0.1, -0.05) is 352 Å². The molecular formula is C103H68N12Si2. The number of imidazole rings is 2. The number of hydrogen-bond acceptors (Lipinski definition) is 7. The maximum atomic E-state index is 5.65. The molecule has 0 saturated heterocycles. The molecule has 0 fully saturated rings. The van der Waals surface area contributed by atoms with Crippen molar-refractivity contribution < 1.29 is 0 Å². The largest absolute Gasteiger partial charge is 0.278 e. The minimum atomic E-state index is -3.17. The van der Waals surface area contributed by atoms with Crippen molar-refractivity contribution in [3.05, 3.63) is 413 Å². The molecule has 0 spiro atoms. The van der Waals surface area contributed by atoms with Crippen molar-refractivity contribution in [2.24, 2.45) is 0 Å². The van der Waals surface area contributed by atoms with Gasteiger partial charge in [0.05, 0.1) is 55.2 Å². The summed E-state index contributed by atoms with van der Waals surface area (Å²) < 4.78 is 10.9. The summed E-state index contributed by atoms with van der Waals surface area (Å²) in [5, 5.41) is 16.7. The van der Waals surface area contributed by atoms with Gasteiger partial charge in [-0.25, -0.2) is 9.55 Å². The molecule has 23 aromatic rings. The Labute approximate surface area is 674 Å². The summed E-state index contributed by atoms with van der Waals surface area (Å²) in [5.41, 5.74) is 13.6. The van der Waals surface area contributed by atoms with Crippen LogP contribution in [0.1, 0.15) is 0 Å². The topological polar surface area (TPSA) is 114 Å². The highest BCUT2D eigenvalue weighted by molar-refractivity contribution is 7.20. The highest BCUT2D eigenvalue weighted by atomic mass is 28.3. The summed E-state index contributed by atoms with van der Waals surface area (Å²) in [6.45, 7) is 0. The van der Waals surface area contributed by atoms with Crippen LogP contribution in [0.4, 0.5) is 0 Å². The fourth-order valence-electron chi connectivity index (χ4n) is 18.6. The first kappa shape index (κ1) is 67.3. The molecule has 0 atom stereocenters. The second-order valence-corrected chi connectivity index (χ2v) is 37.6. The second kappa shape index (κ2) is 27.2. The molecule has 0 bridgehead atoms. The van der Waals surface area contributed by atoms with Gasteiger partial charge in [-0.05, 0) is 113 Å². The van der Waals surface area contributed by atoms with Gasteiger partial charge in [0.2, 0.25) is 29.6 Å². The average molecular weight is 1530 g/mol. The van der Waals surface area contributed by atoms with Crippen molar-refractivity contribution >= 4 is 151 Å². The Morgan fingerprint density at radius 3 is 0.803 bits per heavy atom. The Morgan fingerprint density at radius 1 is 0.171 bits per heavy atom. The summed E-state index contributed by atoms with van der Waals surface area (Å²) >= 11 is 0. The Balaban J connectivity index is 0.674. The molecule has 0 aliphatic rings. The molecule has 0 amide bonds. The smallest absolute Gasteiger partial charge is 0.242 e. The molecule has 14 heteroatoms. The third-order valence-electron chi connectivity index (χ3n) is 23.8. The van der Waals surface area contributed by atoms with Crippen LogP contribution in [-0.4, -0.2) is 73.7 Å². The molecule has 548 valence electrons. The van der Waals surface area contributed by atoms with Crippen molar-refractivity contribution in [3.63, 3.8) is 0 Å². The molecule has 0 aliphatic carbocycles. The maximum absolute atomic E-state index is 5.65. The first-order chi connectivity index (χ1) is 58.0. The van der Waals surface area contributed by atoms with Crippen LogP contribution in [0, 0.1) is 0 Å². The lowest BCUT2D eigenvalue weighted by Gasteiger charge is -2.34. The standard InChI is InChI=1S/C103H68N12Si2/c1-6-30-73(31-7-1)116(74-32-8-2-9-33-74,75-34-10-3-11-35-75)79-63-56-70(57-64-79)97-105-99(111-88-46-22-16-40-81(88)82-41-17-23-47-89(82)111)109-101(107-97)113-92-50-26-20-44-85(92)86-67-60-72(68-96(86)113)69-54-61-78(62-55-69)117(76-36-12-4-13-37-76,77-38-14-5-15-39-77)80-65-58-71(59-66-80)98-106-100(112-90-48-24-18-42-83(90)84-43-19-25-49-91(84)112)110-102(108-98)115-95-53-29-28-52-94(95)114-93-51-27-21-45-87(93)104-103(114)115/h1-68H. The molecule has 0 N–H and O–H groups in total. The van der Waals surface area contributed by atoms with E-state index in [1.165, 1.54) is 41.5 Å². The summed E-state index contributed by atoms with van der Waals surface area (Å²) in [5.74, 6) is 3.78. The number of para-hydroxylation sites is 9. The van der Waals surface area contributed by atoms with E-state index in [-0.39, 0.29) is 0 Å². The van der Waals surface area contributed by atoms with E-state index in [0.29, 0.717) is 41.2 Å². The monoisotopic (exact) mass is 1530 g/mol. The molecule has 0 radical (unpaired) electrons. The van der Waals surface area contributed by atoms with Crippen LogP contribution in [0.5, 0.6) is 0 Å². The zero-order valence-electron chi connectivity index (χ0n) is 63.1. The first-order valence-corrected chi connectivity index (χ1v) is 43.5. The van der Waals surface area contributed by atoms with Gasteiger partial charge in [0.1, 0.15) is 0 Å². The number of nitrogens with zero attached hydrogens (tertiary/aromatic N) is 12. The van der Waals surface area contributed by atoms with Gasteiger partial charge in [0.25, 0.3) is 0 Å². The van der Waals surface area contributed by atoms with E-state index in [9.17, 15) is 0 Å². The van der Waals surface area contributed by atoms with Crippen LogP contribution in [0.15, 0.2) is 413 Å². The van der Waals surface area contributed by atoms with E-state index >= 15 is 0 Å². The molecule has 0 saturated carbocycles. The first-order valence-electron chi connectivity index (χ1n) is 39.5. The van der Waals surface area contributed by atoms with Gasteiger partial charge < -0.3 is 0 Å². The lowest BCUT2D eigenvalue weighted by atomic mass is 10.0. The van der Waals surface area contributed by atoms with E-state index < -0.39 is 16.1 Å². The van der Waals surface area contributed by atoms with E-state index in [4.69, 9.17) is 34.9 Å². The zero-order chi connectivity index (χ0) is 77.1. The third kappa shape index (κ3) is 10.6. The number of hydrogen-bond donors (Lipinski definition) is 0. The Bertz CT molecular complexity index is 7560. The summed E-state index contributed by atoms with van der Waals surface area (Å²) in [6.07, 6.45) is 0. The predicted molar refractivity (Wildman–Crippen MR) is 483 cm³/mol. The zero-order valence-corrected chi connectivity index (χ0v) is 65.1. The van der Waals surface area contributed by atoms with E-state index in [1.807, 2.05) is 6.07 Å². The van der Waals surface area contributed by atoms with Gasteiger partial charge in [-0.2, -0.15) is 29.9 Å². The molecule has 12 nitrogen and oxygen atoms in total. The Kier molecular flexibility index (Phi) is 15.7. The lowest BCUT2D eigenvalue weighted by molar-refractivity contribution is 0.884. The van der Waals surface area contributed by atoms with Crippen molar-refractivity contribution in [1.82, 2.24) is 57.6 Å². The molecule has 7 aromatic heterocycles. The molecular weight excluding hydrogens is 1460 g/mol. The number of fused-ring (bicyclic) bond motifs is 14. The minimum absolute atomic E-state index is 0.456. The minimum Gasteiger partial charge on any atom is -0.278 e.